The predicted molar refractivity (Wildman–Crippen MR) is 94.9 cm³/mol. The van der Waals surface area contributed by atoms with E-state index in [0.717, 1.165) is 18.7 Å². The molecule has 1 aromatic rings. The number of hydrogen-bond donors (Lipinski definition) is 1. The number of nitrogens with zero attached hydrogens (tertiary/aromatic N) is 1. The third kappa shape index (κ3) is 5.30. The largest absolute Gasteiger partial charge is 0.465 e. The number of benzene rings is 1. The van der Waals surface area contributed by atoms with Crippen LogP contribution in [0.1, 0.15) is 39.3 Å². The summed E-state index contributed by atoms with van der Waals surface area (Å²) in [5.41, 5.74) is 0.967. The summed E-state index contributed by atoms with van der Waals surface area (Å²) >= 11 is 0. The molecule has 1 fully saturated rings. The zero-order valence-electron chi connectivity index (χ0n) is 15.2. The summed E-state index contributed by atoms with van der Waals surface area (Å²) in [6.45, 7) is 11.3. The second-order valence-electron chi connectivity index (χ2n) is 7.13. The first-order chi connectivity index (χ1) is 11.4. The van der Waals surface area contributed by atoms with E-state index in [-0.39, 0.29) is 23.6 Å². The second-order valence-corrected chi connectivity index (χ2v) is 7.13. The second kappa shape index (κ2) is 8.60. The molecule has 134 valence electrons. The first kappa shape index (κ1) is 18.9. The zero-order valence-corrected chi connectivity index (χ0v) is 15.2. The van der Waals surface area contributed by atoms with Gasteiger partial charge in [-0.05, 0) is 33.3 Å². The van der Waals surface area contributed by atoms with Gasteiger partial charge in [-0.2, -0.15) is 0 Å². The summed E-state index contributed by atoms with van der Waals surface area (Å²) < 4.78 is 10.9. The quantitative estimate of drug-likeness (QED) is 0.810. The monoisotopic (exact) mass is 334 g/mol. The van der Waals surface area contributed by atoms with Crippen LogP contribution in [0.2, 0.25) is 0 Å². The van der Waals surface area contributed by atoms with Crippen molar-refractivity contribution in [3.63, 3.8) is 0 Å². The maximum Gasteiger partial charge on any atom is 0.325 e. The number of morpholine rings is 1. The molecular weight excluding hydrogens is 304 g/mol. The van der Waals surface area contributed by atoms with Crippen LogP contribution in [-0.4, -0.2) is 55.4 Å². The van der Waals surface area contributed by atoms with Crippen LogP contribution in [-0.2, 0) is 14.3 Å². The molecule has 1 aliphatic heterocycles. The Balaban J connectivity index is 2.36. The van der Waals surface area contributed by atoms with Crippen LogP contribution in [0.4, 0.5) is 0 Å². The Morgan fingerprint density at radius 3 is 2.42 bits per heavy atom. The van der Waals surface area contributed by atoms with E-state index in [9.17, 15) is 4.79 Å². The number of esters is 1. The molecule has 1 N–H and O–H groups in total. The highest BCUT2D eigenvalue weighted by atomic mass is 16.5. The van der Waals surface area contributed by atoms with Gasteiger partial charge in [-0.1, -0.05) is 30.3 Å². The predicted octanol–water partition coefficient (Wildman–Crippen LogP) is 2.38. The molecule has 24 heavy (non-hydrogen) atoms. The lowest BCUT2D eigenvalue weighted by molar-refractivity contribution is -0.153. The van der Waals surface area contributed by atoms with Gasteiger partial charge >= 0.3 is 5.97 Å². The molecule has 5 heteroatoms. The fraction of sp³-hybridized carbons (Fsp3) is 0.632. The summed E-state index contributed by atoms with van der Waals surface area (Å²) in [5.74, 6) is -0.176. The molecule has 0 aromatic heterocycles. The maximum absolute atomic E-state index is 12.8. The van der Waals surface area contributed by atoms with E-state index >= 15 is 0 Å². The summed E-state index contributed by atoms with van der Waals surface area (Å²) in [4.78, 5) is 15.0. The molecule has 1 saturated heterocycles. The number of carbonyl (C=O) groups is 1. The molecule has 1 aliphatic rings. The Kier molecular flexibility index (Phi) is 6.78. The lowest BCUT2D eigenvalue weighted by Crippen LogP contribution is -2.56. The van der Waals surface area contributed by atoms with E-state index in [1.165, 1.54) is 0 Å². The summed E-state index contributed by atoms with van der Waals surface area (Å²) in [7, 11) is 0. The Hall–Kier alpha value is -1.43. The van der Waals surface area contributed by atoms with Crippen molar-refractivity contribution in [3.8, 4) is 0 Å². The van der Waals surface area contributed by atoms with Crippen molar-refractivity contribution < 1.29 is 14.3 Å². The van der Waals surface area contributed by atoms with E-state index in [1.807, 2.05) is 25.1 Å². The van der Waals surface area contributed by atoms with Crippen molar-refractivity contribution in [1.29, 1.82) is 0 Å². The fourth-order valence-electron chi connectivity index (χ4n) is 3.05. The maximum atomic E-state index is 12.8. The van der Waals surface area contributed by atoms with E-state index in [2.05, 4.69) is 43.1 Å². The number of hydrogen-bond acceptors (Lipinski definition) is 5. The highest BCUT2D eigenvalue weighted by molar-refractivity contribution is 5.77. The van der Waals surface area contributed by atoms with Gasteiger partial charge in [-0.25, -0.2) is 0 Å². The topological polar surface area (TPSA) is 50.8 Å². The standard InChI is InChI=1S/C19H30N2O3/c1-5-24-18(22)17(21-11-13-23-14-12-21)16(20-19(2,3)4)15-9-7-6-8-10-15/h6-10,16-17,20H,5,11-14H2,1-4H3/t16-,17-/m0/s1. The molecule has 0 aliphatic carbocycles. The molecule has 0 radical (unpaired) electrons. The molecule has 2 rings (SSSR count). The number of rotatable bonds is 6. The van der Waals surface area contributed by atoms with Gasteiger partial charge in [0.1, 0.15) is 6.04 Å². The van der Waals surface area contributed by atoms with Crippen molar-refractivity contribution in [2.24, 2.45) is 0 Å². The molecule has 0 spiro atoms. The molecule has 0 unspecified atom stereocenters. The van der Waals surface area contributed by atoms with Crippen molar-refractivity contribution in [2.75, 3.05) is 32.9 Å². The molecule has 0 saturated carbocycles. The van der Waals surface area contributed by atoms with E-state index in [4.69, 9.17) is 9.47 Å². The number of nitrogens with one attached hydrogen (secondary N) is 1. The number of carbonyl (C=O) groups excluding carboxylic acids is 1. The van der Waals surface area contributed by atoms with Gasteiger partial charge in [0.05, 0.1) is 25.9 Å². The Bertz CT molecular complexity index is 507. The normalized spacial score (nSPS) is 18.8. The molecule has 1 aromatic carbocycles. The summed E-state index contributed by atoms with van der Waals surface area (Å²) in [5, 5.41) is 3.63. The van der Waals surface area contributed by atoms with Gasteiger partial charge in [-0.3, -0.25) is 9.69 Å². The van der Waals surface area contributed by atoms with Gasteiger partial charge in [0.15, 0.2) is 0 Å². The van der Waals surface area contributed by atoms with Crippen LogP contribution in [0.3, 0.4) is 0 Å². The molecule has 0 amide bonds. The highest BCUT2D eigenvalue weighted by Gasteiger charge is 2.38. The first-order valence-corrected chi connectivity index (χ1v) is 8.73. The lowest BCUT2D eigenvalue weighted by Gasteiger charge is -2.40. The van der Waals surface area contributed by atoms with Gasteiger partial charge in [0, 0.05) is 18.6 Å². The highest BCUT2D eigenvalue weighted by Crippen LogP contribution is 2.26. The lowest BCUT2D eigenvalue weighted by atomic mass is 9.94. The van der Waals surface area contributed by atoms with Crippen LogP contribution < -0.4 is 5.32 Å². The van der Waals surface area contributed by atoms with Crippen LogP contribution >= 0.6 is 0 Å². The van der Waals surface area contributed by atoms with Crippen molar-refractivity contribution in [3.05, 3.63) is 35.9 Å². The summed E-state index contributed by atoms with van der Waals surface area (Å²) in [6, 6.07) is 9.64. The van der Waals surface area contributed by atoms with Crippen LogP contribution in [0.25, 0.3) is 0 Å². The van der Waals surface area contributed by atoms with Crippen molar-refractivity contribution >= 4 is 5.97 Å². The number of ether oxygens (including phenoxy) is 2. The molecule has 2 atom stereocenters. The van der Waals surface area contributed by atoms with Gasteiger partial charge in [0.25, 0.3) is 0 Å². The Morgan fingerprint density at radius 2 is 1.88 bits per heavy atom. The average molecular weight is 334 g/mol. The Labute approximate surface area is 145 Å². The molecular formula is C19H30N2O3. The van der Waals surface area contributed by atoms with E-state index in [1.54, 1.807) is 0 Å². The van der Waals surface area contributed by atoms with Crippen LogP contribution in [0.5, 0.6) is 0 Å². The summed E-state index contributed by atoms with van der Waals surface area (Å²) in [6.07, 6.45) is 0. The third-order valence-corrected chi connectivity index (χ3v) is 4.03. The van der Waals surface area contributed by atoms with E-state index in [0.29, 0.717) is 19.8 Å². The van der Waals surface area contributed by atoms with Gasteiger partial charge in [-0.15, -0.1) is 0 Å². The fourth-order valence-corrected chi connectivity index (χ4v) is 3.05. The minimum atomic E-state index is -0.365. The van der Waals surface area contributed by atoms with Gasteiger partial charge < -0.3 is 14.8 Å². The van der Waals surface area contributed by atoms with Gasteiger partial charge in [0.2, 0.25) is 0 Å². The Morgan fingerprint density at radius 1 is 1.25 bits per heavy atom. The van der Waals surface area contributed by atoms with Crippen LogP contribution in [0.15, 0.2) is 30.3 Å². The van der Waals surface area contributed by atoms with E-state index < -0.39 is 0 Å². The average Bonchev–Trinajstić information content (AvgIpc) is 2.55. The molecule has 0 bridgehead atoms. The first-order valence-electron chi connectivity index (χ1n) is 8.73. The molecule has 1 heterocycles. The minimum absolute atomic E-state index is 0.127. The zero-order chi connectivity index (χ0) is 17.6. The van der Waals surface area contributed by atoms with Crippen molar-refractivity contribution in [1.82, 2.24) is 10.2 Å². The van der Waals surface area contributed by atoms with Crippen LogP contribution in [0, 0.1) is 0 Å². The smallest absolute Gasteiger partial charge is 0.325 e. The molecule has 5 nitrogen and oxygen atoms in total. The SMILES string of the molecule is CCOC(=O)[C@H]([C@@H](NC(C)(C)C)c1ccccc1)N1CCOCC1. The third-order valence-electron chi connectivity index (χ3n) is 4.03. The minimum Gasteiger partial charge on any atom is -0.465 e. The van der Waals surface area contributed by atoms with Crippen molar-refractivity contribution in [2.45, 2.75) is 45.3 Å².